The van der Waals surface area contributed by atoms with Gasteiger partial charge in [-0.15, -0.1) is 0 Å². The van der Waals surface area contributed by atoms with Crippen LogP contribution in [0.5, 0.6) is 11.5 Å². The Hall–Kier alpha value is -3.02. The standard InChI is InChI=1S/C20H22N2O4/c1-25-16-6-5-7-17(26-2)19(16)20(24)21-14-9-11-15(12-10-14)22-13-4-3-8-18(22)23/h5-7,9-12H,3-4,8,13H2,1-2H3,(H,21,24). The van der Waals surface area contributed by atoms with Gasteiger partial charge >= 0.3 is 0 Å². The third-order valence-corrected chi connectivity index (χ3v) is 4.42. The van der Waals surface area contributed by atoms with Gasteiger partial charge in [0.1, 0.15) is 17.1 Å². The Labute approximate surface area is 152 Å². The highest BCUT2D eigenvalue weighted by atomic mass is 16.5. The van der Waals surface area contributed by atoms with E-state index in [-0.39, 0.29) is 11.8 Å². The molecule has 6 nitrogen and oxygen atoms in total. The van der Waals surface area contributed by atoms with Crippen LogP contribution in [0.1, 0.15) is 29.6 Å². The van der Waals surface area contributed by atoms with Crippen LogP contribution < -0.4 is 19.7 Å². The van der Waals surface area contributed by atoms with E-state index in [1.54, 1.807) is 35.2 Å². The number of nitrogens with zero attached hydrogens (tertiary/aromatic N) is 1. The lowest BCUT2D eigenvalue weighted by molar-refractivity contribution is -0.119. The lowest BCUT2D eigenvalue weighted by Crippen LogP contribution is -2.35. The Balaban J connectivity index is 1.77. The molecule has 0 aliphatic carbocycles. The van der Waals surface area contributed by atoms with Crippen molar-refractivity contribution in [3.63, 3.8) is 0 Å². The minimum atomic E-state index is -0.318. The summed E-state index contributed by atoms with van der Waals surface area (Å²) in [5.74, 6) is 0.711. The van der Waals surface area contributed by atoms with E-state index >= 15 is 0 Å². The van der Waals surface area contributed by atoms with Crippen LogP contribution in [0, 0.1) is 0 Å². The Morgan fingerprint density at radius 2 is 1.65 bits per heavy atom. The van der Waals surface area contributed by atoms with E-state index in [0.717, 1.165) is 25.1 Å². The number of nitrogens with one attached hydrogen (secondary N) is 1. The monoisotopic (exact) mass is 354 g/mol. The van der Waals surface area contributed by atoms with Crippen molar-refractivity contribution in [1.29, 1.82) is 0 Å². The zero-order valence-electron chi connectivity index (χ0n) is 15.0. The molecule has 0 aromatic heterocycles. The van der Waals surface area contributed by atoms with Gasteiger partial charge in [-0.3, -0.25) is 9.59 Å². The van der Waals surface area contributed by atoms with Crippen molar-refractivity contribution in [3.05, 3.63) is 48.0 Å². The van der Waals surface area contributed by atoms with Crippen LogP contribution in [0.4, 0.5) is 11.4 Å². The predicted molar refractivity (Wildman–Crippen MR) is 100 cm³/mol. The average molecular weight is 354 g/mol. The van der Waals surface area contributed by atoms with E-state index in [9.17, 15) is 9.59 Å². The fourth-order valence-electron chi connectivity index (χ4n) is 3.07. The minimum absolute atomic E-state index is 0.145. The van der Waals surface area contributed by atoms with Crippen molar-refractivity contribution in [2.45, 2.75) is 19.3 Å². The number of carbonyl (C=O) groups is 2. The summed E-state index contributed by atoms with van der Waals surface area (Å²) in [4.78, 5) is 26.5. The van der Waals surface area contributed by atoms with E-state index in [1.165, 1.54) is 14.2 Å². The van der Waals surface area contributed by atoms with E-state index in [0.29, 0.717) is 29.2 Å². The molecular formula is C20H22N2O4. The topological polar surface area (TPSA) is 67.9 Å². The third kappa shape index (κ3) is 3.64. The summed E-state index contributed by atoms with van der Waals surface area (Å²) in [6.07, 6.45) is 2.55. The number of piperidine rings is 1. The van der Waals surface area contributed by atoms with E-state index in [1.807, 2.05) is 12.1 Å². The van der Waals surface area contributed by atoms with Crippen LogP contribution in [0.25, 0.3) is 0 Å². The number of ether oxygens (including phenoxy) is 2. The van der Waals surface area contributed by atoms with Gasteiger partial charge in [0.15, 0.2) is 0 Å². The molecule has 1 aliphatic heterocycles. The molecule has 0 bridgehead atoms. The average Bonchev–Trinajstić information content (AvgIpc) is 2.68. The number of carbonyl (C=O) groups excluding carboxylic acids is 2. The SMILES string of the molecule is COc1cccc(OC)c1C(=O)Nc1ccc(N2CCCCC2=O)cc1. The highest BCUT2D eigenvalue weighted by Gasteiger charge is 2.20. The molecule has 0 unspecified atom stereocenters. The van der Waals surface area contributed by atoms with Crippen LogP contribution in [0.3, 0.4) is 0 Å². The van der Waals surface area contributed by atoms with Gasteiger partial charge in [0, 0.05) is 24.3 Å². The molecule has 2 aromatic rings. The molecule has 2 aromatic carbocycles. The Kier molecular flexibility index (Phi) is 5.41. The summed E-state index contributed by atoms with van der Waals surface area (Å²) >= 11 is 0. The van der Waals surface area contributed by atoms with E-state index < -0.39 is 0 Å². The van der Waals surface area contributed by atoms with Crippen LogP contribution in [0.2, 0.25) is 0 Å². The smallest absolute Gasteiger partial charge is 0.263 e. The molecule has 0 spiro atoms. The summed E-state index contributed by atoms with van der Waals surface area (Å²) in [6, 6.07) is 12.5. The number of methoxy groups -OCH3 is 2. The van der Waals surface area contributed by atoms with Crippen molar-refractivity contribution in [2.24, 2.45) is 0 Å². The van der Waals surface area contributed by atoms with Gasteiger partial charge in [-0.05, 0) is 49.2 Å². The maximum absolute atomic E-state index is 12.7. The molecule has 0 radical (unpaired) electrons. The summed E-state index contributed by atoms with van der Waals surface area (Å²) in [7, 11) is 3.02. The molecule has 3 rings (SSSR count). The zero-order valence-corrected chi connectivity index (χ0v) is 15.0. The van der Waals surface area contributed by atoms with Gasteiger partial charge in [-0.2, -0.15) is 0 Å². The molecule has 1 saturated heterocycles. The van der Waals surface area contributed by atoms with Gasteiger partial charge in [0.2, 0.25) is 5.91 Å². The highest BCUT2D eigenvalue weighted by Crippen LogP contribution is 2.29. The zero-order chi connectivity index (χ0) is 18.5. The van der Waals surface area contributed by atoms with Crippen LogP contribution in [0.15, 0.2) is 42.5 Å². The third-order valence-electron chi connectivity index (χ3n) is 4.42. The maximum atomic E-state index is 12.7. The van der Waals surface area contributed by atoms with Gasteiger partial charge in [0.25, 0.3) is 5.91 Å². The second-order valence-corrected chi connectivity index (χ2v) is 6.04. The molecule has 1 fully saturated rings. The summed E-state index contributed by atoms with van der Waals surface area (Å²) < 4.78 is 10.5. The highest BCUT2D eigenvalue weighted by molar-refractivity contribution is 6.08. The molecule has 26 heavy (non-hydrogen) atoms. The Bertz CT molecular complexity index is 780. The minimum Gasteiger partial charge on any atom is -0.496 e. The first-order chi connectivity index (χ1) is 12.6. The van der Waals surface area contributed by atoms with Crippen molar-refractivity contribution >= 4 is 23.2 Å². The number of hydrogen-bond acceptors (Lipinski definition) is 4. The Morgan fingerprint density at radius 3 is 2.23 bits per heavy atom. The molecule has 2 amide bonds. The lowest BCUT2D eigenvalue weighted by Gasteiger charge is -2.26. The fourth-order valence-corrected chi connectivity index (χ4v) is 3.07. The summed E-state index contributed by atoms with van der Waals surface area (Å²) in [6.45, 7) is 0.739. The second-order valence-electron chi connectivity index (χ2n) is 6.04. The summed E-state index contributed by atoms with van der Waals surface area (Å²) in [5.41, 5.74) is 1.83. The molecule has 0 saturated carbocycles. The van der Waals surface area contributed by atoms with Gasteiger partial charge < -0.3 is 19.7 Å². The Morgan fingerprint density at radius 1 is 1.00 bits per heavy atom. The molecular weight excluding hydrogens is 332 g/mol. The van der Waals surface area contributed by atoms with Gasteiger partial charge in [0.05, 0.1) is 14.2 Å². The van der Waals surface area contributed by atoms with Crippen molar-refractivity contribution in [3.8, 4) is 11.5 Å². The van der Waals surface area contributed by atoms with Crippen LogP contribution >= 0.6 is 0 Å². The first-order valence-corrected chi connectivity index (χ1v) is 8.57. The second kappa shape index (κ2) is 7.91. The first-order valence-electron chi connectivity index (χ1n) is 8.57. The molecule has 136 valence electrons. The van der Waals surface area contributed by atoms with Crippen LogP contribution in [-0.4, -0.2) is 32.6 Å². The van der Waals surface area contributed by atoms with E-state index in [2.05, 4.69) is 5.32 Å². The lowest BCUT2D eigenvalue weighted by atomic mass is 10.1. The van der Waals surface area contributed by atoms with Crippen LogP contribution in [-0.2, 0) is 4.79 Å². The van der Waals surface area contributed by atoms with E-state index in [4.69, 9.17) is 9.47 Å². The van der Waals surface area contributed by atoms with Gasteiger partial charge in [-0.25, -0.2) is 0 Å². The fraction of sp³-hybridized carbons (Fsp3) is 0.300. The normalized spacial score (nSPS) is 14.1. The molecule has 1 heterocycles. The molecule has 1 N–H and O–H groups in total. The first kappa shape index (κ1) is 17.8. The number of amides is 2. The van der Waals surface area contributed by atoms with Crippen molar-refractivity contribution in [2.75, 3.05) is 31.0 Å². The molecule has 6 heteroatoms. The summed E-state index contributed by atoms with van der Waals surface area (Å²) in [5, 5.41) is 2.85. The molecule has 1 aliphatic rings. The number of hydrogen-bond donors (Lipinski definition) is 1. The maximum Gasteiger partial charge on any atom is 0.263 e. The van der Waals surface area contributed by atoms with Crippen molar-refractivity contribution in [1.82, 2.24) is 0 Å². The number of benzene rings is 2. The van der Waals surface area contributed by atoms with Crippen molar-refractivity contribution < 1.29 is 19.1 Å². The number of anilines is 2. The number of rotatable bonds is 5. The quantitative estimate of drug-likeness (QED) is 0.893. The van der Waals surface area contributed by atoms with Gasteiger partial charge in [-0.1, -0.05) is 6.07 Å². The molecule has 0 atom stereocenters. The predicted octanol–water partition coefficient (Wildman–Crippen LogP) is 3.47. The largest absolute Gasteiger partial charge is 0.496 e.